The standard InChI is InChI=1S/C17H16FNO/c18-14-9-7-13(8-10-14)12-19-11-3-6-17(20)15-4-1-2-5-16(15)19/h1-2,4-5,7-10H,3,6,11-12H2. The van der Waals surface area contributed by atoms with Crippen molar-refractivity contribution in [1.82, 2.24) is 0 Å². The van der Waals surface area contributed by atoms with Crippen molar-refractivity contribution in [2.45, 2.75) is 19.4 Å². The van der Waals surface area contributed by atoms with Crippen LogP contribution >= 0.6 is 0 Å². The summed E-state index contributed by atoms with van der Waals surface area (Å²) in [5, 5.41) is 0. The third kappa shape index (κ3) is 2.57. The van der Waals surface area contributed by atoms with E-state index in [9.17, 15) is 9.18 Å². The van der Waals surface area contributed by atoms with Gasteiger partial charge >= 0.3 is 0 Å². The number of carbonyl (C=O) groups excluding carboxylic acids is 1. The predicted molar refractivity (Wildman–Crippen MR) is 77.5 cm³/mol. The van der Waals surface area contributed by atoms with E-state index in [-0.39, 0.29) is 11.6 Å². The van der Waals surface area contributed by atoms with Gasteiger partial charge in [-0.05, 0) is 36.2 Å². The maximum atomic E-state index is 13.0. The second kappa shape index (κ2) is 5.45. The molecule has 0 aliphatic carbocycles. The molecule has 102 valence electrons. The van der Waals surface area contributed by atoms with E-state index >= 15 is 0 Å². The first-order chi connectivity index (χ1) is 9.74. The topological polar surface area (TPSA) is 20.3 Å². The molecule has 0 atom stereocenters. The number of ketones is 1. The van der Waals surface area contributed by atoms with E-state index < -0.39 is 0 Å². The predicted octanol–water partition coefficient (Wildman–Crippen LogP) is 3.81. The summed E-state index contributed by atoms with van der Waals surface area (Å²) in [6.45, 7) is 1.55. The van der Waals surface area contributed by atoms with Gasteiger partial charge in [-0.2, -0.15) is 0 Å². The van der Waals surface area contributed by atoms with Crippen LogP contribution in [-0.4, -0.2) is 12.3 Å². The van der Waals surface area contributed by atoms with Gasteiger partial charge in [0.1, 0.15) is 5.82 Å². The molecule has 1 aliphatic rings. The van der Waals surface area contributed by atoms with E-state index in [4.69, 9.17) is 0 Å². The number of benzene rings is 2. The number of para-hydroxylation sites is 1. The van der Waals surface area contributed by atoms with Crippen LogP contribution in [0.3, 0.4) is 0 Å². The lowest BCUT2D eigenvalue weighted by molar-refractivity contribution is 0.0984. The minimum atomic E-state index is -0.222. The molecular formula is C17H16FNO. The minimum absolute atomic E-state index is 0.210. The maximum Gasteiger partial charge on any atom is 0.165 e. The first-order valence-electron chi connectivity index (χ1n) is 6.85. The summed E-state index contributed by atoms with van der Waals surface area (Å²) < 4.78 is 13.0. The van der Waals surface area contributed by atoms with E-state index in [0.29, 0.717) is 13.0 Å². The number of Topliss-reactive ketones (excluding diaryl/α,β-unsaturated/α-hetero) is 1. The summed E-state index contributed by atoms with van der Waals surface area (Å²) >= 11 is 0. The molecule has 0 fully saturated rings. The van der Waals surface area contributed by atoms with Crippen LogP contribution in [0.15, 0.2) is 48.5 Å². The molecule has 2 nitrogen and oxygen atoms in total. The van der Waals surface area contributed by atoms with Crippen molar-refractivity contribution >= 4 is 11.5 Å². The zero-order chi connectivity index (χ0) is 13.9. The zero-order valence-electron chi connectivity index (χ0n) is 11.2. The van der Waals surface area contributed by atoms with E-state index in [1.807, 2.05) is 24.3 Å². The third-order valence-electron chi connectivity index (χ3n) is 3.66. The summed E-state index contributed by atoms with van der Waals surface area (Å²) in [4.78, 5) is 14.3. The fourth-order valence-electron chi connectivity index (χ4n) is 2.65. The molecule has 0 saturated carbocycles. The van der Waals surface area contributed by atoms with Crippen LogP contribution < -0.4 is 4.90 Å². The fraction of sp³-hybridized carbons (Fsp3) is 0.235. The quantitative estimate of drug-likeness (QED) is 0.826. The second-order valence-electron chi connectivity index (χ2n) is 5.09. The van der Waals surface area contributed by atoms with Gasteiger partial charge < -0.3 is 4.90 Å². The lowest BCUT2D eigenvalue weighted by Crippen LogP contribution is -2.23. The van der Waals surface area contributed by atoms with Crippen molar-refractivity contribution in [3.8, 4) is 0 Å². The van der Waals surface area contributed by atoms with Gasteiger partial charge in [-0.15, -0.1) is 0 Å². The van der Waals surface area contributed by atoms with Gasteiger partial charge in [0.25, 0.3) is 0 Å². The van der Waals surface area contributed by atoms with Gasteiger partial charge in [0.15, 0.2) is 5.78 Å². The minimum Gasteiger partial charge on any atom is -0.367 e. The average molecular weight is 269 g/mol. The van der Waals surface area contributed by atoms with E-state index in [2.05, 4.69) is 4.90 Å². The van der Waals surface area contributed by atoms with Gasteiger partial charge in [0, 0.05) is 30.8 Å². The Labute approximate surface area is 117 Å². The SMILES string of the molecule is O=C1CCCN(Cc2ccc(F)cc2)c2ccccc21. The smallest absolute Gasteiger partial charge is 0.165 e. The van der Waals surface area contributed by atoms with Crippen LogP contribution in [0.25, 0.3) is 0 Å². The first kappa shape index (κ1) is 12.9. The number of nitrogens with zero attached hydrogens (tertiary/aromatic N) is 1. The Morgan fingerprint density at radius 3 is 2.60 bits per heavy atom. The summed E-state index contributed by atoms with van der Waals surface area (Å²) in [6, 6.07) is 14.3. The number of halogens is 1. The van der Waals surface area contributed by atoms with E-state index in [1.54, 1.807) is 12.1 Å². The molecule has 0 amide bonds. The van der Waals surface area contributed by atoms with Crippen LogP contribution in [0.1, 0.15) is 28.8 Å². The Hall–Kier alpha value is -2.16. The fourth-order valence-corrected chi connectivity index (χ4v) is 2.65. The Kier molecular flexibility index (Phi) is 3.50. The van der Waals surface area contributed by atoms with Gasteiger partial charge in [-0.25, -0.2) is 4.39 Å². The Morgan fingerprint density at radius 1 is 1.05 bits per heavy atom. The molecule has 0 bridgehead atoms. The Bertz CT molecular complexity index is 621. The number of fused-ring (bicyclic) bond motifs is 1. The van der Waals surface area contributed by atoms with Crippen LogP contribution in [-0.2, 0) is 6.54 Å². The first-order valence-corrected chi connectivity index (χ1v) is 6.85. The molecule has 20 heavy (non-hydrogen) atoms. The van der Waals surface area contributed by atoms with Gasteiger partial charge in [-0.1, -0.05) is 24.3 Å². The molecule has 0 saturated heterocycles. The van der Waals surface area contributed by atoms with Crippen molar-refractivity contribution in [3.63, 3.8) is 0 Å². The maximum absolute atomic E-state index is 13.0. The highest BCUT2D eigenvalue weighted by atomic mass is 19.1. The molecule has 3 heteroatoms. The van der Waals surface area contributed by atoms with E-state index in [0.717, 1.165) is 29.8 Å². The molecule has 0 radical (unpaired) electrons. The van der Waals surface area contributed by atoms with Gasteiger partial charge in [-0.3, -0.25) is 4.79 Å². The molecule has 2 aromatic carbocycles. The molecular weight excluding hydrogens is 253 g/mol. The molecule has 0 N–H and O–H groups in total. The number of hydrogen-bond donors (Lipinski definition) is 0. The highest BCUT2D eigenvalue weighted by Crippen LogP contribution is 2.27. The molecule has 1 heterocycles. The molecule has 2 aromatic rings. The summed E-state index contributed by atoms with van der Waals surface area (Å²) in [6.07, 6.45) is 1.45. The second-order valence-corrected chi connectivity index (χ2v) is 5.09. The highest BCUT2D eigenvalue weighted by Gasteiger charge is 2.20. The van der Waals surface area contributed by atoms with Crippen molar-refractivity contribution in [3.05, 3.63) is 65.5 Å². The van der Waals surface area contributed by atoms with Gasteiger partial charge in [0.2, 0.25) is 0 Å². The average Bonchev–Trinajstić information content (AvgIpc) is 2.62. The Morgan fingerprint density at radius 2 is 1.80 bits per heavy atom. The Balaban J connectivity index is 1.91. The number of anilines is 1. The highest BCUT2D eigenvalue weighted by molar-refractivity contribution is 6.01. The van der Waals surface area contributed by atoms with Crippen LogP contribution in [0.5, 0.6) is 0 Å². The number of hydrogen-bond acceptors (Lipinski definition) is 2. The van der Waals surface area contributed by atoms with Crippen molar-refractivity contribution in [1.29, 1.82) is 0 Å². The van der Waals surface area contributed by atoms with Crippen molar-refractivity contribution < 1.29 is 9.18 Å². The van der Waals surface area contributed by atoms with Crippen LogP contribution in [0.2, 0.25) is 0 Å². The summed E-state index contributed by atoms with van der Waals surface area (Å²) in [7, 11) is 0. The van der Waals surface area contributed by atoms with Crippen LogP contribution in [0.4, 0.5) is 10.1 Å². The largest absolute Gasteiger partial charge is 0.367 e. The lowest BCUT2D eigenvalue weighted by Gasteiger charge is -2.24. The molecule has 0 spiro atoms. The lowest BCUT2D eigenvalue weighted by atomic mass is 10.1. The molecule has 0 unspecified atom stereocenters. The van der Waals surface area contributed by atoms with Crippen molar-refractivity contribution in [2.75, 3.05) is 11.4 Å². The third-order valence-corrected chi connectivity index (χ3v) is 3.66. The molecule has 3 rings (SSSR count). The van der Waals surface area contributed by atoms with Crippen molar-refractivity contribution in [2.24, 2.45) is 0 Å². The number of carbonyl (C=O) groups is 1. The molecule has 1 aliphatic heterocycles. The van der Waals surface area contributed by atoms with Gasteiger partial charge in [0.05, 0.1) is 0 Å². The number of rotatable bonds is 2. The van der Waals surface area contributed by atoms with Crippen LogP contribution in [0, 0.1) is 5.82 Å². The zero-order valence-corrected chi connectivity index (χ0v) is 11.2. The summed E-state index contributed by atoms with van der Waals surface area (Å²) in [5.41, 5.74) is 2.84. The monoisotopic (exact) mass is 269 g/mol. The summed E-state index contributed by atoms with van der Waals surface area (Å²) in [5.74, 6) is -0.0117. The normalized spacial score (nSPS) is 14.8. The van der Waals surface area contributed by atoms with E-state index in [1.165, 1.54) is 12.1 Å². The molecule has 0 aromatic heterocycles.